The molecule has 0 bridgehead atoms. The van der Waals surface area contributed by atoms with E-state index in [9.17, 15) is 4.79 Å². The van der Waals surface area contributed by atoms with Crippen molar-refractivity contribution >= 4 is 17.7 Å². The fourth-order valence-corrected chi connectivity index (χ4v) is 3.58. The summed E-state index contributed by atoms with van der Waals surface area (Å²) in [5.41, 5.74) is 6.00. The summed E-state index contributed by atoms with van der Waals surface area (Å²) in [5, 5.41) is 3.74. The topological polar surface area (TPSA) is 55.1 Å². The monoisotopic (exact) mass is 286 g/mol. The Morgan fingerprint density at radius 1 is 1.37 bits per heavy atom. The zero-order chi connectivity index (χ0) is 14.1. The van der Waals surface area contributed by atoms with Crippen LogP contribution in [-0.4, -0.2) is 30.0 Å². The molecule has 3 nitrogen and oxygen atoms in total. The molecule has 1 aliphatic carbocycles. The highest BCUT2D eigenvalue weighted by atomic mass is 32.2. The number of nitrogens with two attached hydrogens (primary N) is 1. The van der Waals surface area contributed by atoms with Gasteiger partial charge in [-0.25, -0.2) is 0 Å². The lowest BCUT2D eigenvalue weighted by Crippen LogP contribution is -2.39. The van der Waals surface area contributed by atoms with E-state index in [0.29, 0.717) is 18.2 Å². The van der Waals surface area contributed by atoms with Crippen LogP contribution in [0, 0.1) is 5.41 Å². The molecule has 0 spiro atoms. The molecule has 0 aromatic carbocycles. The molecule has 112 valence electrons. The van der Waals surface area contributed by atoms with E-state index in [-0.39, 0.29) is 11.3 Å². The fraction of sp³-hybridized carbons (Fsp3) is 0.933. The van der Waals surface area contributed by atoms with Crippen molar-refractivity contribution in [3.05, 3.63) is 0 Å². The van der Waals surface area contributed by atoms with Gasteiger partial charge in [0.25, 0.3) is 0 Å². The molecule has 1 rings (SSSR count). The van der Waals surface area contributed by atoms with Crippen LogP contribution in [0.3, 0.4) is 0 Å². The molecule has 1 aliphatic rings. The van der Waals surface area contributed by atoms with E-state index < -0.39 is 0 Å². The Labute approximate surface area is 122 Å². The van der Waals surface area contributed by atoms with Gasteiger partial charge in [0, 0.05) is 24.0 Å². The molecule has 0 saturated heterocycles. The molecule has 1 fully saturated rings. The van der Waals surface area contributed by atoms with E-state index in [1.165, 1.54) is 25.7 Å². The van der Waals surface area contributed by atoms with Crippen LogP contribution in [0.5, 0.6) is 0 Å². The Balaban J connectivity index is 2.22. The third kappa shape index (κ3) is 6.17. The standard InChI is InChI=1S/C15H30N2OS/c1-3-13(2)19-10-9-17-14(18)11-15(12-16)7-5-4-6-8-15/h13H,3-12,16H2,1-2H3,(H,17,18)/t13-/m1/s1. The van der Waals surface area contributed by atoms with Gasteiger partial charge in [0.2, 0.25) is 5.91 Å². The zero-order valence-corrected chi connectivity index (χ0v) is 13.4. The van der Waals surface area contributed by atoms with Crippen molar-refractivity contribution < 1.29 is 4.79 Å². The number of hydrogen-bond donors (Lipinski definition) is 2. The lowest BCUT2D eigenvalue weighted by molar-refractivity contribution is -0.123. The summed E-state index contributed by atoms with van der Waals surface area (Å²) >= 11 is 1.93. The van der Waals surface area contributed by atoms with E-state index in [0.717, 1.165) is 25.1 Å². The maximum absolute atomic E-state index is 12.0. The molecule has 0 aromatic heterocycles. The van der Waals surface area contributed by atoms with Crippen LogP contribution in [0.2, 0.25) is 0 Å². The van der Waals surface area contributed by atoms with E-state index in [4.69, 9.17) is 5.73 Å². The van der Waals surface area contributed by atoms with Gasteiger partial charge in [0.1, 0.15) is 0 Å². The summed E-state index contributed by atoms with van der Waals surface area (Å²) in [7, 11) is 0. The largest absolute Gasteiger partial charge is 0.355 e. The van der Waals surface area contributed by atoms with Gasteiger partial charge in [0.05, 0.1) is 0 Å². The Morgan fingerprint density at radius 2 is 2.05 bits per heavy atom. The quantitative estimate of drug-likeness (QED) is 0.675. The lowest BCUT2D eigenvalue weighted by Gasteiger charge is -2.35. The van der Waals surface area contributed by atoms with Crippen LogP contribution in [0.15, 0.2) is 0 Å². The van der Waals surface area contributed by atoms with Crippen molar-refractivity contribution in [1.29, 1.82) is 0 Å². The molecule has 1 saturated carbocycles. The Hall–Kier alpha value is -0.220. The van der Waals surface area contributed by atoms with Gasteiger partial charge in [-0.2, -0.15) is 11.8 Å². The molecular weight excluding hydrogens is 256 g/mol. The lowest BCUT2D eigenvalue weighted by atomic mass is 9.72. The predicted octanol–water partition coefficient (Wildman–Crippen LogP) is 2.93. The minimum atomic E-state index is 0.0895. The zero-order valence-electron chi connectivity index (χ0n) is 12.5. The first kappa shape index (κ1) is 16.8. The normalized spacial score (nSPS) is 19.9. The van der Waals surface area contributed by atoms with Gasteiger partial charge in [0.15, 0.2) is 0 Å². The van der Waals surface area contributed by atoms with E-state index in [1.54, 1.807) is 0 Å². The summed E-state index contributed by atoms with van der Waals surface area (Å²) in [4.78, 5) is 12.0. The van der Waals surface area contributed by atoms with Crippen LogP contribution < -0.4 is 11.1 Å². The smallest absolute Gasteiger partial charge is 0.220 e. The summed E-state index contributed by atoms with van der Waals surface area (Å²) in [6.45, 7) is 5.87. The molecule has 1 atom stereocenters. The average Bonchev–Trinajstić information content (AvgIpc) is 2.44. The van der Waals surface area contributed by atoms with Gasteiger partial charge in [-0.05, 0) is 31.2 Å². The summed E-state index contributed by atoms with van der Waals surface area (Å²) in [5.74, 6) is 1.20. The van der Waals surface area contributed by atoms with E-state index in [1.807, 2.05) is 11.8 Å². The number of rotatable bonds is 8. The second-order valence-electron chi connectivity index (χ2n) is 5.88. The first-order valence-electron chi connectivity index (χ1n) is 7.70. The van der Waals surface area contributed by atoms with Gasteiger partial charge in [-0.1, -0.05) is 33.1 Å². The highest BCUT2D eigenvalue weighted by Gasteiger charge is 2.32. The Kier molecular flexibility index (Phi) is 7.84. The first-order valence-corrected chi connectivity index (χ1v) is 8.75. The van der Waals surface area contributed by atoms with Crippen molar-refractivity contribution in [2.45, 2.75) is 64.0 Å². The summed E-state index contributed by atoms with van der Waals surface area (Å²) < 4.78 is 0. The summed E-state index contributed by atoms with van der Waals surface area (Å²) in [6.07, 6.45) is 7.82. The van der Waals surface area contributed by atoms with E-state index in [2.05, 4.69) is 19.2 Å². The molecule has 0 aliphatic heterocycles. The number of hydrogen-bond acceptors (Lipinski definition) is 3. The maximum atomic E-state index is 12.0. The van der Waals surface area contributed by atoms with Crippen molar-refractivity contribution in [3.63, 3.8) is 0 Å². The Morgan fingerprint density at radius 3 is 2.63 bits per heavy atom. The highest BCUT2D eigenvalue weighted by molar-refractivity contribution is 7.99. The van der Waals surface area contributed by atoms with Crippen molar-refractivity contribution in [2.24, 2.45) is 11.1 Å². The molecule has 4 heteroatoms. The maximum Gasteiger partial charge on any atom is 0.220 e. The van der Waals surface area contributed by atoms with E-state index >= 15 is 0 Å². The molecule has 0 heterocycles. The molecule has 0 unspecified atom stereocenters. The molecule has 0 radical (unpaired) electrons. The summed E-state index contributed by atoms with van der Waals surface area (Å²) in [6, 6.07) is 0. The van der Waals surface area contributed by atoms with Gasteiger partial charge >= 0.3 is 0 Å². The minimum Gasteiger partial charge on any atom is -0.355 e. The highest BCUT2D eigenvalue weighted by Crippen LogP contribution is 2.38. The minimum absolute atomic E-state index is 0.0895. The fourth-order valence-electron chi connectivity index (χ4n) is 2.73. The van der Waals surface area contributed by atoms with Crippen molar-refractivity contribution in [2.75, 3.05) is 18.8 Å². The van der Waals surface area contributed by atoms with Crippen molar-refractivity contribution in [3.8, 4) is 0 Å². The molecule has 1 amide bonds. The molecule has 19 heavy (non-hydrogen) atoms. The number of amides is 1. The van der Waals surface area contributed by atoms with Crippen molar-refractivity contribution in [1.82, 2.24) is 5.32 Å². The SMILES string of the molecule is CC[C@@H](C)SCCNC(=O)CC1(CN)CCCCC1. The number of carbonyl (C=O) groups excluding carboxylic acids is 1. The van der Waals surface area contributed by atoms with Gasteiger partial charge in [-0.15, -0.1) is 0 Å². The van der Waals surface area contributed by atoms with Crippen LogP contribution >= 0.6 is 11.8 Å². The molecular formula is C15H30N2OS. The third-order valence-electron chi connectivity index (χ3n) is 4.28. The predicted molar refractivity (Wildman–Crippen MR) is 84.4 cm³/mol. The second-order valence-corrected chi connectivity index (χ2v) is 7.43. The third-order valence-corrected chi connectivity index (χ3v) is 5.63. The van der Waals surface area contributed by atoms with Crippen LogP contribution in [0.4, 0.5) is 0 Å². The van der Waals surface area contributed by atoms with Gasteiger partial charge in [-0.3, -0.25) is 4.79 Å². The van der Waals surface area contributed by atoms with Gasteiger partial charge < -0.3 is 11.1 Å². The van der Waals surface area contributed by atoms with Crippen LogP contribution in [0.25, 0.3) is 0 Å². The number of nitrogens with one attached hydrogen (secondary N) is 1. The molecule has 0 aromatic rings. The second kappa shape index (κ2) is 8.85. The first-order chi connectivity index (χ1) is 9.12. The van der Waals surface area contributed by atoms with Crippen LogP contribution in [0.1, 0.15) is 58.8 Å². The average molecular weight is 286 g/mol. The number of thioether (sulfide) groups is 1. The Bertz CT molecular complexity index is 265. The molecule has 3 N–H and O–H groups in total. The number of carbonyl (C=O) groups is 1. The van der Waals surface area contributed by atoms with Crippen LogP contribution in [-0.2, 0) is 4.79 Å².